The van der Waals surface area contributed by atoms with E-state index in [-0.39, 0.29) is 11.8 Å². The summed E-state index contributed by atoms with van der Waals surface area (Å²) in [5.74, 6) is -0.304. The molecule has 0 spiro atoms. The van der Waals surface area contributed by atoms with Gasteiger partial charge in [0.15, 0.2) is 0 Å². The molecule has 5 nitrogen and oxygen atoms in total. The summed E-state index contributed by atoms with van der Waals surface area (Å²) in [6, 6.07) is 7.07. The van der Waals surface area contributed by atoms with Gasteiger partial charge in [-0.15, -0.1) is 0 Å². The molecule has 0 aromatic heterocycles. The fraction of sp³-hybridized carbons (Fsp3) is 0.429. The Morgan fingerprint density at radius 1 is 1.26 bits per heavy atom. The summed E-state index contributed by atoms with van der Waals surface area (Å²) in [7, 11) is 1.59. The molecule has 1 atom stereocenters. The topological polar surface area (TPSA) is 84.2 Å². The van der Waals surface area contributed by atoms with E-state index >= 15 is 0 Å². The van der Waals surface area contributed by atoms with Gasteiger partial charge in [0.2, 0.25) is 5.91 Å². The number of rotatable bonds is 5. The van der Waals surface area contributed by atoms with E-state index in [0.29, 0.717) is 18.5 Å². The minimum absolute atomic E-state index is 0.129. The van der Waals surface area contributed by atoms with Crippen molar-refractivity contribution in [3.8, 4) is 0 Å². The Labute approximate surface area is 113 Å². The molecule has 1 rings (SSSR count). The number of hydrogen-bond acceptors (Lipinski definition) is 3. The molecule has 0 saturated heterocycles. The van der Waals surface area contributed by atoms with Crippen LogP contribution in [0, 0.1) is 0 Å². The maximum absolute atomic E-state index is 11.8. The van der Waals surface area contributed by atoms with Gasteiger partial charge < -0.3 is 16.4 Å². The number of nitrogens with two attached hydrogens (primary N) is 1. The van der Waals surface area contributed by atoms with Crippen LogP contribution >= 0.6 is 0 Å². The quantitative estimate of drug-likeness (QED) is 0.734. The van der Waals surface area contributed by atoms with Crippen molar-refractivity contribution in [2.45, 2.75) is 32.4 Å². The standard InChI is InChI=1S/C14H21N3O2/c1-4-14(2,15)13(19)17-9-10-5-7-11(8-6-10)12(18)16-3/h5-8H,4,9,15H2,1-3H3,(H,16,18)(H,17,19). The second-order valence-corrected chi connectivity index (χ2v) is 4.73. The minimum atomic E-state index is -0.845. The first kappa shape index (κ1) is 15.2. The van der Waals surface area contributed by atoms with Gasteiger partial charge in [-0.05, 0) is 31.0 Å². The highest BCUT2D eigenvalue weighted by Gasteiger charge is 2.25. The van der Waals surface area contributed by atoms with Crippen LogP contribution in [0.4, 0.5) is 0 Å². The molecule has 0 aliphatic heterocycles. The van der Waals surface area contributed by atoms with Crippen LogP contribution in [0.15, 0.2) is 24.3 Å². The first-order valence-corrected chi connectivity index (χ1v) is 6.29. The Bertz CT molecular complexity index is 452. The average Bonchev–Trinajstić information content (AvgIpc) is 2.44. The van der Waals surface area contributed by atoms with E-state index in [1.54, 1.807) is 26.1 Å². The number of amides is 2. The maximum Gasteiger partial charge on any atom is 0.251 e. The van der Waals surface area contributed by atoms with E-state index in [0.717, 1.165) is 5.56 Å². The zero-order chi connectivity index (χ0) is 14.5. The van der Waals surface area contributed by atoms with E-state index < -0.39 is 5.54 Å². The Balaban J connectivity index is 2.60. The summed E-state index contributed by atoms with van der Waals surface area (Å²) in [4.78, 5) is 23.2. The highest BCUT2D eigenvalue weighted by molar-refractivity contribution is 5.94. The normalized spacial score (nSPS) is 13.5. The Hall–Kier alpha value is -1.88. The van der Waals surface area contributed by atoms with E-state index in [4.69, 9.17) is 5.73 Å². The first-order chi connectivity index (χ1) is 8.90. The molecule has 19 heavy (non-hydrogen) atoms. The van der Waals surface area contributed by atoms with Crippen LogP contribution in [0.2, 0.25) is 0 Å². The Morgan fingerprint density at radius 2 is 1.84 bits per heavy atom. The molecule has 104 valence electrons. The number of nitrogens with one attached hydrogen (secondary N) is 2. The molecule has 0 radical (unpaired) electrons. The van der Waals surface area contributed by atoms with Gasteiger partial charge in [-0.1, -0.05) is 19.1 Å². The molecule has 0 heterocycles. The summed E-state index contributed by atoms with van der Waals surface area (Å²) >= 11 is 0. The van der Waals surface area contributed by atoms with Crippen molar-refractivity contribution in [1.29, 1.82) is 0 Å². The van der Waals surface area contributed by atoms with Crippen molar-refractivity contribution in [2.24, 2.45) is 5.73 Å². The molecular formula is C14H21N3O2. The number of hydrogen-bond donors (Lipinski definition) is 3. The highest BCUT2D eigenvalue weighted by atomic mass is 16.2. The van der Waals surface area contributed by atoms with Gasteiger partial charge in [-0.25, -0.2) is 0 Å². The lowest BCUT2D eigenvalue weighted by molar-refractivity contribution is -0.126. The largest absolute Gasteiger partial charge is 0.355 e. The molecule has 0 aliphatic carbocycles. The zero-order valence-electron chi connectivity index (χ0n) is 11.6. The Morgan fingerprint density at radius 3 is 2.32 bits per heavy atom. The Kier molecular flexibility index (Phi) is 5.06. The third kappa shape index (κ3) is 4.06. The van der Waals surface area contributed by atoms with Gasteiger partial charge >= 0.3 is 0 Å². The van der Waals surface area contributed by atoms with Crippen molar-refractivity contribution < 1.29 is 9.59 Å². The SMILES string of the molecule is CCC(C)(N)C(=O)NCc1ccc(C(=O)NC)cc1. The predicted molar refractivity (Wildman–Crippen MR) is 74.6 cm³/mol. The zero-order valence-corrected chi connectivity index (χ0v) is 11.6. The van der Waals surface area contributed by atoms with E-state index in [1.165, 1.54) is 0 Å². The number of benzene rings is 1. The third-order valence-corrected chi connectivity index (χ3v) is 3.15. The fourth-order valence-corrected chi connectivity index (χ4v) is 1.46. The lowest BCUT2D eigenvalue weighted by Crippen LogP contribution is -2.50. The lowest BCUT2D eigenvalue weighted by atomic mass is 9.99. The smallest absolute Gasteiger partial charge is 0.251 e. The highest BCUT2D eigenvalue weighted by Crippen LogP contribution is 2.07. The summed E-state index contributed by atoms with van der Waals surface area (Å²) < 4.78 is 0. The van der Waals surface area contributed by atoms with Crippen LogP contribution in [-0.4, -0.2) is 24.4 Å². The average molecular weight is 263 g/mol. The fourth-order valence-electron chi connectivity index (χ4n) is 1.46. The van der Waals surface area contributed by atoms with Crippen molar-refractivity contribution in [1.82, 2.24) is 10.6 Å². The van der Waals surface area contributed by atoms with Crippen molar-refractivity contribution >= 4 is 11.8 Å². The molecule has 5 heteroatoms. The summed E-state index contributed by atoms with van der Waals surface area (Å²) in [5, 5.41) is 5.34. The molecule has 4 N–H and O–H groups in total. The number of carbonyl (C=O) groups is 2. The van der Waals surface area contributed by atoms with E-state index in [1.807, 2.05) is 19.1 Å². The van der Waals surface area contributed by atoms with Gasteiger partial charge in [0.05, 0.1) is 5.54 Å². The van der Waals surface area contributed by atoms with Gasteiger partial charge in [0.1, 0.15) is 0 Å². The second kappa shape index (κ2) is 6.33. The van der Waals surface area contributed by atoms with Gasteiger partial charge in [0.25, 0.3) is 5.91 Å². The van der Waals surface area contributed by atoms with Crippen LogP contribution < -0.4 is 16.4 Å². The summed E-state index contributed by atoms with van der Waals surface area (Å²) in [5.41, 5.74) is 6.51. The van der Waals surface area contributed by atoms with Gasteiger partial charge in [-0.3, -0.25) is 9.59 Å². The molecule has 0 bridgehead atoms. The third-order valence-electron chi connectivity index (χ3n) is 3.15. The summed E-state index contributed by atoms with van der Waals surface area (Å²) in [6.07, 6.45) is 0.578. The number of carbonyl (C=O) groups excluding carboxylic acids is 2. The van der Waals surface area contributed by atoms with Crippen LogP contribution in [0.3, 0.4) is 0 Å². The monoisotopic (exact) mass is 263 g/mol. The molecule has 0 aliphatic rings. The van der Waals surface area contributed by atoms with E-state index in [2.05, 4.69) is 10.6 Å². The molecule has 1 aromatic rings. The minimum Gasteiger partial charge on any atom is -0.355 e. The van der Waals surface area contributed by atoms with Crippen molar-refractivity contribution in [3.05, 3.63) is 35.4 Å². The van der Waals surface area contributed by atoms with Crippen LogP contribution in [-0.2, 0) is 11.3 Å². The first-order valence-electron chi connectivity index (χ1n) is 6.29. The summed E-state index contributed by atoms with van der Waals surface area (Å²) in [6.45, 7) is 3.98. The van der Waals surface area contributed by atoms with Crippen molar-refractivity contribution in [3.63, 3.8) is 0 Å². The van der Waals surface area contributed by atoms with Gasteiger partial charge in [-0.2, -0.15) is 0 Å². The van der Waals surface area contributed by atoms with Crippen LogP contribution in [0.5, 0.6) is 0 Å². The van der Waals surface area contributed by atoms with E-state index in [9.17, 15) is 9.59 Å². The van der Waals surface area contributed by atoms with Crippen LogP contribution in [0.25, 0.3) is 0 Å². The molecule has 0 fully saturated rings. The molecule has 1 aromatic carbocycles. The molecular weight excluding hydrogens is 242 g/mol. The second-order valence-electron chi connectivity index (χ2n) is 4.73. The molecule has 2 amide bonds. The maximum atomic E-state index is 11.8. The van der Waals surface area contributed by atoms with Crippen LogP contribution in [0.1, 0.15) is 36.2 Å². The lowest BCUT2D eigenvalue weighted by Gasteiger charge is -2.21. The van der Waals surface area contributed by atoms with Gasteiger partial charge in [0, 0.05) is 19.2 Å². The predicted octanol–water partition coefficient (Wildman–Crippen LogP) is 0.790. The molecule has 1 unspecified atom stereocenters. The molecule has 0 saturated carbocycles. The van der Waals surface area contributed by atoms with Crippen molar-refractivity contribution in [2.75, 3.05) is 7.05 Å².